The molecule has 0 saturated carbocycles. The topological polar surface area (TPSA) is 121 Å². The van der Waals surface area contributed by atoms with Gasteiger partial charge in [0, 0.05) is 0 Å². The molecule has 2 rings (SSSR count). The highest BCUT2D eigenvalue weighted by atomic mass is 32.2. The Morgan fingerprint density at radius 1 is 1.32 bits per heavy atom. The van der Waals surface area contributed by atoms with Gasteiger partial charge in [0.15, 0.2) is 10.1 Å². The van der Waals surface area contributed by atoms with Gasteiger partial charge in [-0.3, -0.25) is 4.79 Å². The number of nitrogens with zero attached hydrogens (tertiary/aromatic N) is 1. The summed E-state index contributed by atoms with van der Waals surface area (Å²) in [7, 11) is -3.22. The first-order valence-electron chi connectivity index (χ1n) is 5.94. The molecule has 2 aromatic rings. The molecule has 0 saturated heterocycles. The maximum atomic E-state index is 11.9. The number of benzene rings is 1. The van der Waals surface area contributed by atoms with Crippen LogP contribution in [-0.4, -0.2) is 32.2 Å². The molecule has 1 aromatic heterocycles. The van der Waals surface area contributed by atoms with E-state index in [2.05, 4.69) is 10.5 Å². The van der Waals surface area contributed by atoms with Crippen molar-refractivity contribution in [3.05, 3.63) is 47.7 Å². The van der Waals surface area contributed by atoms with Gasteiger partial charge in [0.2, 0.25) is 5.09 Å². The number of ether oxygens (including phenoxy) is 1. The zero-order valence-corrected chi connectivity index (χ0v) is 12.2. The number of amides is 1. The van der Waals surface area contributed by atoms with Crippen LogP contribution in [0, 0.1) is 0 Å². The molecular formula is C13H11N2O6S-. The summed E-state index contributed by atoms with van der Waals surface area (Å²) in [5, 5.41) is 2.90. The molecule has 8 nitrogen and oxygen atoms in total. The number of carbonyl (C=O) groups is 1. The van der Waals surface area contributed by atoms with E-state index >= 15 is 0 Å². The van der Waals surface area contributed by atoms with Gasteiger partial charge in [0.05, 0.1) is 18.9 Å². The fourth-order valence-electron chi connectivity index (χ4n) is 1.59. The van der Waals surface area contributed by atoms with Crippen LogP contribution in [0.2, 0.25) is 0 Å². The third-order valence-corrected chi connectivity index (χ3v) is 3.27. The number of para-hydroxylation sites is 1. The number of hydrogen-bond acceptors (Lipinski definition) is 7. The van der Waals surface area contributed by atoms with E-state index in [-0.39, 0.29) is 11.3 Å². The Balaban J connectivity index is 2.06. The van der Waals surface area contributed by atoms with Crippen molar-refractivity contribution >= 4 is 22.2 Å². The highest BCUT2D eigenvalue weighted by molar-refractivity contribution is 7.85. The molecule has 0 aliphatic rings. The van der Waals surface area contributed by atoms with E-state index in [1.807, 2.05) is 0 Å². The van der Waals surface area contributed by atoms with E-state index in [0.29, 0.717) is 5.75 Å². The maximum Gasteiger partial charge on any atom is 0.275 e. The Morgan fingerprint density at radius 2 is 2.05 bits per heavy atom. The Hall–Kier alpha value is -2.65. The Labute approximate surface area is 126 Å². The number of methoxy groups -OCH3 is 1. The number of rotatable bonds is 5. The van der Waals surface area contributed by atoms with E-state index in [1.54, 1.807) is 24.3 Å². The molecule has 1 amide bonds. The van der Waals surface area contributed by atoms with Gasteiger partial charge < -0.3 is 13.7 Å². The quantitative estimate of drug-likeness (QED) is 0.497. The second kappa shape index (κ2) is 6.41. The predicted molar refractivity (Wildman–Crippen MR) is 74.7 cm³/mol. The lowest BCUT2D eigenvalue weighted by Crippen LogP contribution is -2.18. The zero-order valence-electron chi connectivity index (χ0n) is 11.3. The van der Waals surface area contributed by atoms with Gasteiger partial charge in [-0.1, -0.05) is 12.1 Å². The fourth-order valence-corrected chi connectivity index (χ4v) is 2.02. The van der Waals surface area contributed by atoms with E-state index < -0.39 is 21.1 Å². The molecule has 0 aliphatic carbocycles. The van der Waals surface area contributed by atoms with Crippen molar-refractivity contribution in [1.29, 1.82) is 0 Å². The van der Waals surface area contributed by atoms with Crippen LogP contribution < -0.4 is 10.2 Å². The van der Waals surface area contributed by atoms with Crippen molar-refractivity contribution in [3.8, 4) is 5.75 Å². The minimum absolute atomic E-state index is 0.00903. The van der Waals surface area contributed by atoms with Crippen molar-refractivity contribution in [3.63, 3.8) is 0 Å². The van der Waals surface area contributed by atoms with Crippen LogP contribution >= 0.6 is 0 Å². The molecule has 1 heterocycles. The largest absolute Gasteiger partial charge is 0.742 e. The average Bonchev–Trinajstić information content (AvgIpc) is 2.96. The van der Waals surface area contributed by atoms with E-state index in [0.717, 1.165) is 12.3 Å². The van der Waals surface area contributed by atoms with Crippen molar-refractivity contribution in [2.75, 3.05) is 7.11 Å². The minimum Gasteiger partial charge on any atom is -0.742 e. The molecule has 0 fully saturated rings. The van der Waals surface area contributed by atoms with Crippen LogP contribution in [0.15, 0.2) is 51.0 Å². The van der Waals surface area contributed by atoms with Crippen LogP contribution in [0.25, 0.3) is 0 Å². The van der Waals surface area contributed by atoms with Crippen molar-refractivity contribution in [2.45, 2.75) is 5.09 Å². The molecule has 116 valence electrons. The van der Waals surface area contributed by atoms with Crippen molar-refractivity contribution in [1.82, 2.24) is 5.43 Å². The lowest BCUT2D eigenvalue weighted by atomic mass is 10.2. The van der Waals surface area contributed by atoms with Gasteiger partial charge in [-0.2, -0.15) is 5.10 Å². The second-order valence-electron chi connectivity index (χ2n) is 4.01. The van der Waals surface area contributed by atoms with Gasteiger partial charge in [-0.25, -0.2) is 13.8 Å². The summed E-state index contributed by atoms with van der Waals surface area (Å²) in [4.78, 5) is 11.9. The first-order valence-corrected chi connectivity index (χ1v) is 7.35. The summed E-state index contributed by atoms with van der Waals surface area (Å²) in [6.07, 6.45) is 1.07. The van der Waals surface area contributed by atoms with Gasteiger partial charge in [-0.05, 0) is 24.3 Å². The lowest BCUT2D eigenvalue weighted by molar-refractivity contribution is 0.0952. The van der Waals surface area contributed by atoms with Crippen LogP contribution in [0.1, 0.15) is 16.1 Å². The van der Waals surface area contributed by atoms with E-state index in [9.17, 15) is 17.8 Å². The Bertz CT molecular complexity index is 809. The molecule has 0 unspecified atom stereocenters. The normalized spacial score (nSPS) is 11.5. The van der Waals surface area contributed by atoms with E-state index in [4.69, 9.17) is 9.15 Å². The number of hydrogen-bond donors (Lipinski definition) is 1. The Kier molecular flexibility index (Phi) is 4.59. The fraction of sp³-hybridized carbons (Fsp3) is 0.0769. The third kappa shape index (κ3) is 3.71. The highest BCUT2D eigenvalue weighted by Gasteiger charge is 2.10. The monoisotopic (exact) mass is 323 g/mol. The molecule has 22 heavy (non-hydrogen) atoms. The molecular weight excluding hydrogens is 312 g/mol. The molecule has 9 heteroatoms. The first-order chi connectivity index (χ1) is 10.4. The van der Waals surface area contributed by atoms with Gasteiger partial charge in [0.1, 0.15) is 11.5 Å². The van der Waals surface area contributed by atoms with Crippen LogP contribution in [0.3, 0.4) is 0 Å². The van der Waals surface area contributed by atoms with E-state index in [1.165, 1.54) is 13.2 Å². The maximum absolute atomic E-state index is 11.9. The average molecular weight is 323 g/mol. The number of hydrazone groups is 1. The summed E-state index contributed by atoms with van der Waals surface area (Å²) >= 11 is 0. The molecule has 0 radical (unpaired) electrons. The van der Waals surface area contributed by atoms with Gasteiger partial charge in [0.25, 0.3) is 5.91 Å². The smallest absolute Gasteiger partial charge is 0.275 e. The number of furan rings is 1. The number of nitrogens with one attached hydrogen (secondary N) is 1. The summed E-state index contributed by atoms with van der Waals surface area (Å²) in [5.74, 6) is -0.125. The van der Waals surface area contributed by atoms with Crippen molar-refractivity contribution < 1.29 is 26.9 Å². The van der Waals surface area contributed by atoms with Crippen LogP contribution in [-0.2, 0) is 10.1 Å². The molecule has 0 spiro atoms. The van der Waals surface area contributed by atoms with Crippen LogP contribution in [0.5, 0.6) is 5.75 Å². The third-order valence-electron chi connectivity index (χ3n) is 2.56. The van der Waals surface area contributed by atoms with Crippen LogP contribution in [0.4, 0.5) is 0 Å². The standard InChI is InChI=1S/C13H12N2O6S/c1-20-11-5-3-2-4-10(11)13(16)15-14-8-9-6-7-12(21-9)22(17,18)19/h2-8H,1H3,(H,15,16)(H,17,18,19)/p-1/b14-8+. The highest BCUT2D eigenvalue weighted by Crippen LogP contribution is 2.16. The molecule has 0 aliphatic heterocycles. The van der Waals surface area contributed by atoms with Gasteiger partial charge in [-0.15, -0.1) is 0 Å². The second-order valence-corrected chi connectivity index (χ2v) is 5.32. The zero-order chi connectivity index (χ0) is 16.2. The summed E-state index contributed by atoms with van der Waals surface area (Å²) in [6, 6.07) is 8.80. The van der Waals surface area contributed by atoms with Crippen molar-refractivity contribution in [2.24, 2.45) is 5.10 Å². The lowest BCUT2D eigenvalue weighted by Gasteiger charge is -2.05. The molecule has 0 atom stereocenters. The number of carbonyl (C=O) groups excluding carboxylic acids is 1. The minimum atomic E-state index is -4.66. The molecule has 1 aromatic carbocycles. The predicted octanol–water partition coefficient (Wildman–Crippen LogP) is 0.956. The molecule has 0 bridgehead atoms. The summed E-state index contributed by atoms with van der Waals surface area (Å²) in [5.41, 5.74) is 2.51. The summed E-state index contributed by atoms with van der Waals surface area (Å²) in [6.45, 7) is 0. The van der Waals surface area contributed by atoms with Gasteiger partial charge >= 0.3 is 0 Å². The molecule has 1 N–H and O–H groups in total. The summed E-state index contributed by atoms with van der Waals surface area (Å²) < 4.78 is 41.9. The Morgan fingerprint density at radius 3 is 2.68 bits per heavy atom. The first kappa shape index (κ1) is 15.7. The SMILES string of the molecule is COc1ccccc1C(=O)N/N=C/c1ccc(S(=O)(=O)[O-])o1.